The highest BCUT2D eigenvalue weighted by Crippen LogP contribution is 2.39. The van der Waals surface area contributed by atoms with Crippen LogP contribution in [0.3, 0.4) is 0 Å². The third-order valence-corrected chi connectivity index (χ3v) is 6.13. The van der Waals surface area contributed by atoms with Crippen LogP contribution >= 0.6 is 0 Å². The van der Waals surface area contributed by atoms with Crippen molar-refractivity contribution in [2.45, 2.75) is 44.2 Å². The average molecular weight is 406 g/mol. The van der Waals surface area contributed by atoms with Gasteiger partial charge >= 0.3 is 6.03 Å². The van der Waals surface area contributed by atoms with Crippen molar-refractivity contribution in [2.24, 2.45) is 4.99 Å². The number of imide groups is 1. The lowest BCUT2D eigenvalue weighted by molar-refractivity contribution is -0.136. The number of carbonyl (C=O) groups excluding carboxylic acids is 3. The van der Waals surface area contributed by atoms with Gasteiger partial charge in [-0.25, -0.2) is 4.79 Å². The molecule has 1 aliphatic heterocycles. The van der Waals surface area contributed by atoms with E-state index < -0.39 is 17.5 Å². The third kappa shape index (κ3) is 3.67. The van der Waals surface area contributed by atoms with Crippen molar-refractivity contribution < 1.29 is 14.4 Å². The summed E-state index contributed by atoms with van der Waals surface area (Å²) in [6.45, 7) is 0.241. The lowest BCUT2D eigenvalue weighted by Gasteiger charge is -2.35. The zero-order chi connectivity index (χ0) is 21.1. The number of rotatable bonds is 4. The van der Waals surface area contributed by atoms with Crippen molar-refractivity contribution in [3.8, 4) is 0 Å². The van der Waals surface area contributed by atoms with Crippen molar-refractivity contribution >= 4 is 17.8 Å². The van der Waals surface area contributed by atoms with Crippen molar-refractivity contribution in [3.05, 3.63) is 65.8 Å². The molecule has 0 unspecified atom stereocenters. The molecule has 4 amide bonds. The van der Waals surface area contributed by atoms with Gasteiger partial charge in [0.2, 0.25) is 0 Å². The van der Waals surface area contributed by atoms with Crippen LogP contribution in [-0.2, 0) is 16.1 Å². The minimum absolute atomic E-state index is 0.261. The second kappa shape index (κ2) is 8.26. The summed E-state index contributed by atoms with van der Waals surface area (Å²) in [4.78, 5) is 45.3. The first-order valence-electron chi connectivity index (χ1n) is 10.4. The van der Waals surface area contributed by atoms with Gasteiger partial charge < -0.3 is 9.47 Å². The minimum atomic E-state index is -0.782. The monoisotopic (exact) mass is 406 g/mol. The molecule has 1 aromatic heterocycles. The molecule has 2 heterocycles. The molecule has 2 fully saturated rings. The molecule has 7 heteroatoms. The van der Waals surface area contributed by atoms with Gasteiger partial charge in [-0.3, -0.25) is 14.5 Å². The van der Waals surface area contributed by atoms with E-state index in [2.05, 4.69) is 4.99 Å². The van der Waals surface area contributed by atoms with Crippen molar-refractivity contribution in [3.63, 3.8) is 0 Å². The number of aromatic nitrogens is 1. The quantitative estimate of drug-likeness (QED) is 0.733. The molecule has 1 aliphatic carbocycles. The van der Waals surface area contributed by atoms with Crippen LogP contribution in [0.5, 0.6) is 0 Å². The number of pyridine rings is 1. The Hall–Kier alpha value is -3.22. The first-order chi connectivity index (χ1) is 14.5. The van der Waals surface area contributed by atoms with Crippen LogP contribution in [0.2, 0.25) is 0 Å². The predicted molar refractivity (Wildman–Crippen MR) is 111 cm³/mol. The molecule has 4 rings (SSSR count). The second-order valence-corrected chi connectivity index (χ2v) is 8.00. The van der Waals surface area contributed by atoms with Gasteiger partial charge in [-0.05, 0) is 30.5 Å². The maximum Gasteiger partial charge on any atom is 0.327 e. The number of hydrogen-bond acceptors (Lipinski definition) is 3. The molecule has 1 aromatic carbocycles. The summed E-state index contributed by atoms with van der Waals surface area (Å²) in [5.74, 6) is -0.769. The van der Waals surface area contributed by atoms with Gasteiger partial charge in [-0.2, -0.15) is 4.99 Å². The summed E-state index contributed by atoms with van der Waals surface area (Å²) < 4.78 is 1.87. The minimum Gasteiger partial charge on any atom is -0.328 e. The molecule has 1 saturated carbocycles. The zero-order valence-corrected chi connectivity index (χ0v) is 17.2. The SMILES string of the molecule is CN1C(=O)N(CC(=O)N=c2ccccn2Cc2ccccc2)C(=O)C12CCCCC2. The van der Waals surface area contributed by atoms with E-state index >= 15 is 0 Å². The highest BCUT2D eigenvalue weighted by molar-refractivity contribution is 6.09. The predicted octanol–water partition coefficient (Wildman–Crippen LogP) is 2.56. The van der Waals surface area contributed by atoms with Crippen LogP contribution in [0, 0.1) is 0 Å². The fraction of sp³-hybridized carbons (Fsp3) is 0.391. The van der Waals surface area contributed by atoms with Crippen LogP contribution in [-0.4, -0.2) is 51.3 Å². The molecule has 2 aliphatic rings. The number of amides is 4. The first kappa shape index (κ1) is 20.1. The molecule has 30 heavy (non-hydrogen) atoms. The first-order valence-corrected chi connectivity index (χ1v) is 10.4. The number of hydrogen-bond donors (Lipinski definition) is 0. The Morgan fingerprint density at radius 3 is 2.43 bits per heavy atom. The average Bonchev–Trinajstić information content (AvgIpc) is 2.93. The van der Waals surface area contributed by atoms with Crippen molar-refractivity contribution in [2.75, 3.05) is 13.6 Å². The third-order valence-electron chi connectivity index (χ3n) is 6.13. The summed E-state index contributed by atoms with van der Waals surface area (Å²) in [7, 11) is 1.66. The molecule has 1 saturated heterocycles. The molecule has 2 aromatic rings. The number of likely N-dealkylation sites (N-methyl/N-ethyl adjacent to an activating group) is 1. The maximum absolute atomic E-state index is 13.1. The van der Waals surface area contributed by atoms with Gasteiger partial charge in [-0.15, -0.1) is 0 Å². The number of carbonyl (C=O) groups is 3. The lowest BCUT2D eigenvalue weighted by Crippen LogP contribution is -2.49. The van der Waals surface area contributed by atoms with E-state index in [1.54, 1.807) is 13.1 Å². The van der Waals surface area contributed by atoms with E-state index in [0.29, 0.717) is 24.9 Å². The lowest BCUT2D eigenvalue weighted by atomic mass is 9.81. The zero-order valence-electron chi connectivity index (χ0n) is 17.2. The Bertz CT molecular complexity index is 1020. The van der Waals surface area contributed by atoms with Crippen LogP contribution in [0.25, 0.3) is 0 Å². The molecule has 1 spiro atoms. The van der Waals surface area contributed by atoms with Crippen LogP contribution in [0.15, 0.2) is 59.7 Å². The van der Waals surface area contributed by atoms with Gasteiger partial charge in [0.15, 0.2) is 0 Å². The Morgan fingerprint density at radius 1 is 1.00 bits per heavy atom. The maximum atomic E-state index is 13.1. The molecule has 0 N–H and O–H groups in total. The normalized spacial score (nSPS) is 19.0. The fourth-order valence-corrected chi connectivity index (χ4v) is 4.45. The van der Waals surface area contributed by atoms with E-state index in [-0.39, 0.29) is 12.5 Å². The fourth-order valence-electron chi connectivity index (χ4n) is 4.45. The number of nitrogens with zero attached hydrogens (tertiary/aromatic N) is 4. The summed E-state index contributed by atoms with van der Waals surface area (Å²) >= 11 is 0. The van der Waals surface area contributed by atoms with E-state index in [1.165, 1.54) is 4.90 Å². The summed E-state index contributed by atoms with van der Waals surface area (Å²) in [5.41, 5.74) is 0.796. The Balaban J connectivity index is 1.54. The molecule has 156 valence electrons. The van der Waals surface area contributed by atoms with Gasteiger partial charge in [-0.1, -0.05) is 55.7 Å². The van der Waals surface area contributed by atoms with E-state index in [0.717, 1.165) is 29.7 Å². The highest BCUT2D eigenvalue weighted by atomic mass is 16.2. The topological polar surface area (TPSA) is 75.0 Å². The molecule has 0 bridgehead atoms. The van der Waals surface area contributed by atoms with Gasteiger partial charge in [0.1, 0.15) is 17.6 Å². The van der Waals surface area contributed by atoms with Crippen LogP contribution in [0.4, 0.5) is 4.79 Å². The van der Waals surface area contributed by atoms with Gasteiger partial charge in [0.25, 0.3) is 11.8 Å². The van der Waals surface area contributed by atoms with Crippen LogP contribution < -0.4 is 5.49 Å². The van der Waals surface area contributed by atoms with E-state index in [4.69, 9.17) is 0 Å². The summed E-state index contributed by atoms with van der Waals surface area (Å²) in [6, 6.07) is 14.9. The van der Waals surface area contributed by atoms with Gasteiger partial charge in [0.05, 0.1) is 0 Å². The van der Waals surface area contributed by atoms with Gasteiger partial charge in [0, 0.05) is 19.8 Å². The molecular weight excluding hydrogens is 380 g/mol. The van der Waals surface area contributed by atoms with Crippen LogP contribution in [0.1, 0.15) is 37.7 Å². The highest BCUT2D eigenvalue weighted by Gasteiger charge is 2.55. The van der Waals surface area contributed by atoms with Crippen molar-refractivity contribution in [1.82, 2.24) is 14.4 Å². The molecular formula is C23H26N4O3. The Labute approximate surface area is 175 Å². The molecule has 7 nitrogen and oxygen atoms in total. The molecule has 0 radical (unpaired) electrons. The Morgan fingerprint density at radius 2 is 1.70 bits per heavy atom. The van der Waals surface area contributed by atoms with E-state index in [1.807, 2.05) is 53.2 Å². The number of urea groups is 1. The standard InChI is InChI=1S/C23H26N4O3/c1-25-22(30)27(21(29)23(25)13-7-3-8-14-23)17-20(28)24-19-12-6-9-15-26(19)16-18-10-4-2-5-11-18/h2,4-6,9-12,15H,3,7-8,13-14,16-17H2,1H3. The van der Waals surface area contributed by atoms with E-state index in [9.17, 15) is 14.4 Å². The number of benzene rings is 1. The summed E-state index contributed by atoms with van der Waals surface area (Å²) in [5, 5.41) is 0. The largest absolute Gasteiger partial charge is 0.328 e. The summed E-state index contributed by atoms with van der Waals surface area (Å²) in [6.07, 6.45) is 6.08. The Kier molecular flexibility index (Phi) is 5.53. The second-order valence-electron chi connectivity index (χ2n) is 8.00. The van der Waals surface area contributed by atoms with Crippen molar-refractivity contribution in [1.29, 1.82) is 0 Å². The smallest absolute Gasteiger partial charge is 0.327 e. The molecule has 0 atom stereocenters.